The molecule has 0 aliphatic heterocycles. The van der Waals surface area contributed by atoms with Crippen LogP contribution in [0.1, 0.15) is 32.1 Å². The number of para-hydroxylation sites is 2. The van der Waals surface area contributed by atoms with Gasteiger partial charge in [-0.15, -0.1) is 0 Å². The Bertz CT molecular complexity index is 414. The third-order valence-corrected chi connectivity index (χ3v) is 3.46. The van der Waals surface area contributed by atoms with Crippen LogP contribution in [0.25, 0.3) is 0 Å². The fraction of sp³-hybridized carbons (Fsp3) is 0.533. The smallest absolute Gasteiger partial charge is 0.412 e. The molecule has 0 bridgehead atoms. The number of ether oxygens (including phenoxy) is 2. The summed E-state index contributed by atoms with van der Waals surface area (Å²) < 4.78 is 11.0. The minimum atomic E-state index is -0.478. The summed E-state index contributed by atoms with van der Waals surface area (Å²) >= 11 is 0. The van der Waals surface area contributed by atoms with Crippen molar-refractivity contribution in [2.45, 2.75) is 32.1 Å². The number of carbonyl (C=O) groups excluding carboxylic acids is 1. The van der Waals surface area contributed by atoms with Crippen molar-refractivity contribution in [3.63, 3.8) is 0 Å². The number of rotatable bonds is 4. The van der Waals surface area contributed by atoms with Gasteiger partial charge in [0, 0.05) is 7.05 Å². The highest BCUT2D eigenvalue weighted by atomic mass is 16.6. The van der Waals surface area contributed by atoms with E-state index in [-0.39, 0.29) is 0 Å². The van der Waals surface area contributed by atoms with E-state index in [1.54, 1.807) is 6.07 Å². The summed E-state index contributed by atoms with van der Waals surface area (Å²) in [6.07, 6.45) is 5.92. The van der Waals surface area contributed by atoms with Gasteiger partial charge in [0.1, 0.15) is 0 Å². The van der Waals surface area contributed by atoms with Crippen molar-refractivity contribution in [3.05, 3.63) is 24.3 Å². The molecule has 0 atom stereocenters. The van der Waals surface area contributed by atoms with Crippen LogP contribution in [-0.2, 0) is 0 Å². The molecule has 1 aromatic carbocycles. The molecule has 1 fully saturated rings. The summed E-state index contributed by atoms with van der Waals surface area (Å²) in [5.41, 5.74) is 0. The van der Waals surface area contributed by atoms with E-state index in [1.807, 2.05) is 18.2 Å². The molecule has 1 saturated carbocycles. The van der Waals surface area contributed by atoms with Crippen LogP contribution in [0, 0.1) is 5.92 Å². The van der Waals surface area contributed by atoms with E-state index in [0.717, 1.165) is 0 Å². The second-order valence-electron chi connectivity index (χ2n) is 4.90. The Balaban J connectivity index is 1.93. The van der Waals surface area contributed by atoms with Crippen molar-refractivity contribution >= 4 is 6.09 Å². The number of amides is 1. The van der Waals surface area contributed by atoms with Crippen molar-refractivity contribution in [3.8, 4) is 11.5 Å². The maximum Gasteiger partial charge on any atom is 0.412 e. The SMILES string of the molecule is CNC(=O)Oc1ccccc1OCC1CCCCC1. The fourth-order valence-corrected chi connectivity index (χ4v) is 2.37. The molecule has 0 heterocycles. The molecule has 19 heavy (non-hydrogen) atoms. The summed E-state index contributed by atoms with van der Waals surface area (Å²) in [7, 11) is 1.54. The average Bonchev–Trinajstić information content (AvgIpc) is 2.47. The summed E-state index contributed by atoms with van der Waals surface area (Å²) in [6, 6.07) is 7.28. The van der Waals surface area contributed by atoms with Gasteiger partial charge in [0.05, 0.1) is 6.61 Å². The molecule has 0 aromatic heterocycles. The molecule has 4 heteroatoms. The molecule has 104 valence electrons. The Morgan fingerprint density at radius 1 is 1.21 bits per heavy atom. The number of hydrogen-bond donors (Lipinski definition) is 1. The maximum absolute atomic E-state index is 11.3. The molecule has 1 aliphatic carbocycles. The lowest BCUT2D eigenvalue weighted by Gasteiger charge is -2.22. The Morgan fingerprint density at radius 3 is 2.58 bits per heavy atom. The van der Waals surface area contributed by atoms with E-state index in [2.05, 4.69) is 5.32 Å². The van der Waals surface area contributed by atoms with Crippen molar-refractivity contribution in [1.82, 2.24) is 5.32 Å². The highest BCUT2D eigenvalue weighted by molar-refractivity contribution is 5.70. The topological polar surface area (TPSA) is 47.6 Å². The highest BCUT2D eigenvalue weighted by Gasteiger charge is 2.15. The van der Waals surface area contributed by atoms with Gasteiger partial charge >= 0.3 is 6.09 Å². The molecule has 4 nitrogen and oxygen atoms in total. The first-order valence-electron chi connectivity index (χ1n) is 6.91. The highest BCUT2D eigenvalue weighted by Crippen LogP contribution is 2.29. The van der Waals surface area contributed by atoms with E-state index in [1.165, 1.54) is 39.2 Å². The first kappa shape index (κ1) is 13.7. The van der Waals surface area contributed by atoms with Gasteiger partial charge in [0.2, 0.25) is 0 Å². The minimum absolute atomic E-state index is 0.470. The van der Waals surface area contributed by atoms with Crippen LogP contribution in [0.3, 0.4) is 0 Å². The van der Waals surface area contributed by atoms with Gasteiger partial charge in [-0.2, -0.15) is 0 Å². The molecule has 2 rings (SSSR count). The lowest BCUT2D eigenvalue weighted by Crippen LogP contribution is -2.22. The maximum atomic E-state index is 11.3. The Kier molecular flexibility index (Phi) is 5.07. The van der Waals surface area contributed by atoms with Crippen LogP contribution in [-0.4, -0.2) is 19.7 Å². The molecule has 1 aromatic rings. The molecule has 0 saturated heterocycles. The van der Waals surface area contributed by atoms with Crippen LogP contribution in [0.2, 0.25) is 0 Å². The zero-order valence-electron chi connectivity index (χ0n) is 11.4. The minimum Gasteiger partial charge on any atom is -0.489 e. The Hall–Kier alpha value is -1.71. The van der Waals surface area contributed by atoms with E-state index < -0.39 is 6.09 Å². The van der Waals surface area contributed by atoms with Gasteiger partial charge in [0.25, 0.3) is 0 Å². The lowest BCUT2D eigenvalue weighted by atomic mass is 9.90. The van der Waals surface area contributed by atoms with Crippen LogP contribution in [0.15, 0.2) is 24.3 Å². The van der Waals surface area contributed by atoms with Gasteiger partial charge in [0.15, 0.2) is 11.5 Å². The van der Waals surface area contributed by atoms with Crippen molar-refractivity contribution in [2.24, 2.45) is 5.92 Å². The van der Waals surface area contributed by atoms with Crippen LogP contribution in [0.4, 0.5) is 4.79 Å². The zero-order chi connectivity index (χ0) is 13.5. The summed E-state index contributed by atoms with van der Waals surface area (Å²) in [4.78, 5) is 11.3. The van der Waals surface area contributed by atoms with Gasteiger partial charge in [-0.05, 0) is 30.9 Å². The second kappa shape index (κ2) is 7.02. The number of nitrogens with one attached hydrogen (secondary N) is 1. The molecular weight excluding hydrogens is 242 g/mol. The van der Waals surface area contributed by atoms with Crippen molar-refractivity contribution < 1.29 is 14.3 Å². The van der Waals surface area contributed by atoms with Crippen LogP contribution < -0.4 is 14.8 Å². The molecule has 0 unspecified atom stereocenters. The predicted molar refractivity (Wildman–Crippen MR) is 73.6 cm³/mol. The predicted octanol–water partition coefficient (Wildman–Crippen LogP) is 3.36. The Morgan fingerprint density at radius 2 is 1.89 bits per heavy atom. The zero-order valence-corrected chi connectivity index (χ0v) is 11.4. The molecular formula is C15H21NO3. The van der Waals surface area contributed by atoms with E-state index >= 15 is 0 Å². The lowest BCUT2D eigenvalue weighted by molar-refractivity contribution is 0.188. The number of benzene rings is 1. The number of carbonyl (C=O) groups is 1. The van der Waals surface area contributed by atoms with Crippen molar-refractivity contribution in [2.75, 3.05) is 13.7 Å². The van der Waals surface area contributed by atoms with Crippen molar-refractivity contribution in [1.29, 1.82) is 0 Å². The van der Waals surface area contributed by atoms with E-state index in [0.29, 0.717) is 24.0 Å². The molecule has 0 radical (unpaired) electrons. The normalized spacial score (nSPS) is 15.8. The number of hydrogen-bond acceptors (Lipinski definition) is 3. The van der Waals surface area contributed by atoms with Gasteiger partial charge in [-0.25, -0.2) is 4.79 Å². The van der Waals surface area contributed by atoms with Gasteiger partial charge in [-0.3, -0.25) is 0 Å². The molecule has 1 N–H and O–H groups in total. The third kappa shape index (κ3) is 4.16. The fourth-order valence-electron chi connectivity index (χ4n) is 2.37. The second-order valence-corrected chi connectivity index (χ2v) is 4.90. The summed E-state index contributed by atoms with van der Waals surface area (Å²) in [6.45, 7) is 0.702. The molecule has 1 amide bonds. The monoisotopic (exact) mass is 263 g/mol. The largest absolute Gasteiger partial charge is 0.489 e. The molecule has 0 spiro atoms. The van der Waals surface area contributed by atoms with Crippen LogP contribution >= 0.6 is 0 Å². The Labute approximate surface area is 114 Å². The quantitative estimate of drug-likeness (QED) is 0.906. The van der Waals surface area contributed by atoms with Crippen LogP contribution in [0.5, 0.6) is 11.5 Å². The molecule has 1 aliphatic rings. The average molecular weight is 263 g/mol. The summed E-state index contributed by atoms with van der Waals surface area (Å²) in [5.74, 6) is 1.73. The van der Waals surface area contributed by atoms with Gasteiger partial charge < -0.3 is 14.8 Å². The third-order valence-electron chi connectivity index (χ3n) is 3.46. The summed E-state index contributed by atoms with van der Waals surface area (Å²) in [5, 5.41) is 2.43. The standard InChI is InChI=1S/C15H21NO3/c1-16-15(17)19-14-10-6-5-9-13(14)18-11-12-7-3-2-4-8-12/h5-6,9-10,12H,2-4,7-8,11H2,1H3,(H,16,17). The first-order valence-corrected chi connectivity index (χ1v) is 6.91. The van der Waals surface area contributed by atoms with E-state index in [4.69, 9.17) is 9.47 Å². The van der Waals surface area contributed by atoms with E-state index in [9.17, 15) is 4.79 Å². The van der Waals surface area contributed by atoms with Gasteiger partial charge in [-0.1, -0.05) is 31.4 Å². The first-order chi connectivity index (χ1) is 9.29.